The summed E-state index contributed by atoms with van der Waals surface area (Å²) in [6.07, 6.45) is -9.04. The summed E-state index contributed by atoms with van der Waals surface area (Å²) in [5.41, 5.74) is 0. The van der Waals surface area contributed by atoms with E-state index in [1.54, 1.807) is 12.1 Å². The highest BCUT2D eigenvalue weighted by Gasteiger charge is 2.48. The molecule has 3 aromatic rings. The second-order valence-electron chi connectivity index (χ2n) is 7.14. The van der Waals surface area contributed by atoms with Crippen molar-refractivity contribution in [2.75, 3.05) is 13.2 Å². The first-order valence-corrected chi connectivity index (χ1v) is 13.2. The van der Waals surface area contributed by atoms with Crippen LogP contribution in [0.5, 0.6) is 0 Å². The van der Waals surface area contributed by atoms with E-state index in [-0.39, 0.29) is 10.6 Å². The molecule has 1 N–H and O–H groups in total. The van der Waals surface area contributed by atoms with Gasteiger partial charge in [0.25, 0.3) is 0 Å². The Labute approximate surface area is 196 Å². The molecule has 2 aromatic carbocycles. The molecule has 0 bridgehead atoms. The Morgan fingerprint density at radius 1 is 0.743 bits per heavy atom. The Kier molecular flexibility index (Phi) is 8.34. The van der Waals surface area contributed by atoms with E-state index in [0.29, 0.717) is 0 Å². The Morgan fingerprint density at radius 2 is 1.20 bits per heavy atom. The van der Waals surface area contributed by atoms with Gasteiger partial charge in [0.15, 0.2) is 19.0 Å². The van der Waals surface area contributed by atoms with Crippen molar-refractivity contribution < 1.29 is 48.9 Å². The van der Waals surface area contributed by atoms with E-state index in [2.05, 4.69) is 14.1 Å². The van der Waals surface area contributed by atoms with Crippen molar-refractivity contribution in [1.29, 1.82) is 0 Å². The third kappa shape index (κ3) is 7.32. The van der Waals surface area contributed by atoms with Gasteiger partial charge in [0.1, 0.15) is 5.76 Å². The summed E-state index contributed by atoms with van der Waals surface area (Å²) in [6.45, 7) is -4.36. The maximum absolute atomic E-state index is 14.3. The molecular weight excluding hydrogens is 522 g/mol. The van der Waals surface area contributed by atoms with E-state index in [9.17, 15) is 35.5 Å². The molecule has 35 heavy (non-hydrogen) atoms. The van der Waals surface area contributed by atoms with Gasteiger partial charge in [-0.15, -0.1) is 0 Å². The van der Waals surface area contributed by atoms with Crippen LogP contribution in [0.3, 0.4) is 0 Å². The molecule has 1 heterocycles. The number of hydrogen-bond acceptors (Lipinski definition) is 5. The Balaban J connectivity index is 2.13. The maximum atomic E-state index is 14.3. The third-order valence-corrected chi connectivity index (χ3v) is 9.36. The van der Waals surface area contributed by atoms with Gasteiger partial charge >= 0.3 is 19.9 Å². The molecule has 14 heteroatoms. The number of halogens is 6. The van der Waals surface area contributed by atoms with Gasteiger partial charge < -0.3 is 4.42 Å². The molecule has 0 saturated heterocycles. The SMILES string of the molecule is O=P(N[C@H](c1ccco1)P(=O)(OCC(F)(F)F)OCC(F)(F)F)(c1ccccc1)c1ccccc1. The lowest BCUT2D eigenvalue weighted by Gasteiger charge is -2.31. The fourth-order valence-corrected chi connectivity index (χ4v) is 7.79. The molecule has 190 valence electrons. The largest absolute Gasteiger partial charge is 0.467 e. The van der Waals surface area contributed by atoms with Crippen molar-refractivity contribution >= 4 is 25.5 Å². The number of alkyl halides is 6. The molecule has 0 aliphatic heterocycles. The molecule has 0 radical (unpaired) electrons. The maximum Gasteiger partial charge on any atom is 0.412 e. The second kappa shape index (κ2) is 10.7. The zero-order valence-corrected chi connectivity index (χ0v) is 19.5. The highest BCUT2D eigenvalue weighted by atomic mass is 31.2. The van der Waals surface area contributed by atoms with Crippen LogP contribution in [-0.4, -0.2) is 25.6 Å². The van der Waals surface area contributed by atoms with Gasteiger partial charge in [-0.3, -0.25) is 18.2 Å². The Bertz CT molecular complexity index is 1100. The molecule has 0 fully saturated rings. The van der Waals surface area contributed by atoms with Crippen molar-refractivity contribution in [3.8, 4) is 0 Å². The van der Waals surface area contributed by atoms with E-state index >= 15 is 0 Å². The minimum atomic E-state index is -5.37. The summed E-state index contributed by atoms with van der Waals surface area (Å²) in [6, 6.07) is 17.5. The van der Waals surface area contributed by atoms with Crippen LogP contribution in [0.25, 0.3) is 0 Å². The lowest BCUT2D eigenvalue weighted by Crippen LogP contribution is -2.32. The van der Waals surface area contributed by atoms with Gasteiger partial charge in [0.2, 0.25) is 7.29 Å². The third-order valence-electron chi connectivity index (χ3n) is 4.49. The molecule has 3 rings (SSSR count). The molecule has 0 spiro atoms. The first-order chi connectivity index (χ1) is 16.3. The fraction of sp³-hybridized carbons (Fsp3) is 0.238. The summed E-state index contributed by atoms with van der Waals surface area (Å²) < 4.78 is 119. The number of nitrogens with one attached hydrogen (secondary N) is 1. The summed E-state index contributed by atoms with van der Waals surface area (Å²) in [7, 11) is -9.42. The highest BCUT2D eigenvalue weighted by molar-refractivity contribution is 7.77. The van der Waals surface area contributed by atoms with Crippen molar-refractivity contribution in [3.63, 3.8) is 0 Å². The number of rotatable bonds is 10. The predicted molar refractivity (Wildman–Crippen MR) is 116 cm³/mol. The molecule has 6 nitrogen and oxygen atoms in total. The monoisotopic (exact) mass is 541 g/mol. The lowest BCUT2D eigenvalue weighted by atomic mass is 10.4. The summed E-state index contributed by atoms with van der Waals surface area (Å²) in [4.78, 5) is 0. The van der Waals surface area contributed by atoms with Crippen LogP contribution < -0.4 is 15.7 Å². The van der Waals surface area contributed by atoms with Gasteiger partial charge in [-0.25, -0.2) is 5.09 Å². The van der Waals surface area contributed by atoms with Crippen LogP contribution in [0.1, 0.15) is 11.5 Å². The highest BCUT2D eigenvalue weighted by Crippen LogP contribution is 2.63. The molecule has 1 atom stereocenters. The standard InChI is InChI=1S/C21H19F6NO5P2/c22-20(23,24)14-32-35(30,33-15-21(25,26)27)19(18-12-7-13-31-18)28-34(29,16-8-3-1-4-9-16)17-10-5-2-6-11-17/h1-13,19H,14-15H2,(H,28,29)/t19-/m0/s1. The molecule has 0 aliphatic carbocycles. The Hall–Kier alpha value is -2.36. The van der Waals surface area contributed by atoms with Gasteiger partial charge in [-0.1, -0.05) is 36.4 Å². The molecule has 0 saturated carbocycles. The zero-order valence-electron chi connectivity index (χ0n) is 17.7. The van der Waals surface area contributed by atoms with E-state index in [1.165, 1.54) is 54.6 Å². The molecule has 0 unspecified atom stereocenters. The van der Waals surface area contributed by atoms with Crippen molar-refractivity contribution in [3.05, 3.63) is 84.8 Å². The average molecular weight is 541 g/mol. The van der Waals surface area contributed by atoms with Gasteiger partial charge in [-0.05, 0) is 36.4 Å². The van der Waals surface area contributed by atoms with Crippen LogP contribution in [0.4, 0.5) is 26.3 Å². The van der Waals surface area contributed by atoms with E-state index < -0.39 is 52.0 Å². The minimum absolute atomic E-state index is 0.140. The van der Waals surface area contributed by atoms with Crippen molar-refractivity contribution in [1.82, 2.24) is 5.09 Å². The average Bonchev–Trinajstić information content (AvgIpc) is 3.35. The summed E-state index contributed by atoms with van der Waals surface area (Å²) >= 11 is 0. The lowest BCUT2D eigenvalue weighted by molar-refractivity contribution is -0.166. The smallest absolute Gasteiger partial charge is 0.412 e. The van der Waals surface area contributed by atoms with Crippen LogP contribution in [-0.2, 0) is 18.2 Å². The zero-order chi connectivity index (χ0) is 25.7. The molecule has 0 amide bonds. The number of hydrogen-bond donors (Lipinski definition) is 1. The first kappa shape index (κ1) is 27.2. The number of benzene rings is 2. The van der Waals surface area contributed by atoms with E-state index in [4.69, 9.17) is 4.42 Å². The second-order valence-corrected chi connectivity index (χ2v) is 11.8. The number of furan rings is 1. The van der Waals surface area contributed by atoms with Crippen LogP contribution in [0.15, 0.2) is 83.5 Å². The van der Waals surface area contributed by atoms with Crippen LogP contribution in [0.2, 0.25) is 0 Å². The molecular formula is C21H19F6NO5P2. The van der Waals surface area contributed by atoms with Gasteiger partial charge in [0.05, 0.1) is 6.26 Å². The van der Waals surface area contributed by atoms with Crippen LogP contribution >= 0.6 is 14.9 Å². The van der Waals surface area contributed by atoms with Crippen molar-refractivity contribution in [2.45, 2.75) is 18.1 Å². The van der Waals surface area contributed by atoms with Gasteiger partial charge in [0, 0.05) is 10.6 Å². The minimum Gasteiger partial charge on any atom is -0.467 e. The quantitative estimate of drug-likeness (QED) is 0.245. The Morgan fingerprint density at radius 3 is 1.57 bits per heavy atom. The van der Waals surface area contributed by atoms with Gasteiger partial charge in [-0.2, -0.15) is 26.3 Å². The van der Waals surface area contributed by atoms with Crippen LogP contribution in [0, 0.1) is 0 Å². The van der Waals surface area contributed by atoms with E-state index in [1.807, 2.05) is 0 Å². The topological polar surface area (TPSA) is 77.8 Å². The predicted octanol–water partition coefficient (Wildman–Crippen LogP) is 6.15. The molecule has 0 aliphatic rings. The van der Waals surface area contributed by atoms with Crippen molar-refractivity contribution in [2.24, 2.45) is 0 Å². The summed E-state index contributed by atoms with van der Waals surface area (Å²) in [5, 5.41) is 2.77. The molecule has 1 aromatic heterocycles. The fourth-order valence-electron chi connectivity index (χ4n) is 3.00. The van der Waals surface area contributed by atoms with E-state index in [0.717, 1.165) is 12.3 Å². The summed E-state index contributed by atoms with van der Waals surface area (Å²) in [5.74, 6) is -2.49. The first-order valence-electron chi connectivity index (χ1n) is 9.87. The normalized spacial score (nSPS) is 14.1.